The molecule has 0 bridgehead atoms. The molecule has 0 fully saturated rings. The number of aromatic hydroxyl groups is 1. The Hall–Kier alpha value is -2.79. The van der Waals surface area contributed by atoms with Crippen molar-refractivity contribution in [2.75, 3.05) is 12.0 Å². The highest BCUT2D eigenvalue weighted by Crippen LogP contribution is 2.12. The Morgan fingerprint density at radius 2 is 1.52 bits per heavy atom. The van der Waals surface area contributed by atoms with Crippen LogP contribution in [-0.2, 0) is 25.6 Å². The van der Waals surface area contributed by atoms with E-state index in [0.29, 0.717) is 11.3 Å². The van der Waals surface area contributed by atoms with Crippen LogP contribution in [0.3, 0.4) is 0 Å². The second-order valence-electron chi connectivity index (χ2n) is 8.13. The van der Waals surface area contributed by atoms with Crippen LogP contribution in [0, 0.1) is 5.92 Å². The Morgan fingerprint density at radius 1 is 0.939 bits per heavy atom. The summed E-state index contributed by atoms with van der Waals surface area (Å²) in [6.45, 7) is 4.92. The van der Waals surface area contributed by atoms with E-state index in [1.807, 2.05) is 6.26 Å². The summed E-state index contributed by atoms with van der Waals surface area (Å²) in [5, 5.41) is 26.6. The second-order valence-corrected chi connectivity index (χ2v) is 9.12. The number of hydrogen-bond acceptors (Lipinski definition) is 7. The fourth-order valence-corrected chi connectivity index (χ4v) is 3.39. The molecule has 1 rings (SSSR count). The summed E-state index contributed by atoms with van der Waals surface area (Å²) in [5.41, 5.74) is 6.29. The number of nitrogens with two attached hydrogens (primary N) is 1. The van der Waals surface area contributed by atoms with Crippen LogP contribution < -0.4 is 21.7 Å². The van der Waals surface area contributed by atoms with Gasteiger partial charge in [0.25, 0.3) is 0 Å². The van der Waals surface area contributed by atoms with E-state index in [4.69, 9.17) is 5.73 Å². The lowest BCUT2D eigenvalue weighted by Crippen LogP contribution is -2.58. The van der Waals surface area contributed by atoms with Crippen LogP contribution in [0.4, 0.5) is 0 Å². The largest absolute Gasteiger partial charge is 0.508 e. The van der Waals surface area contributed by atoms with Crippen molar-refractivity contribution in [3.8, 4) is 5.75 Å². The highest BCUT2D eigenvalue weighted by molar-refractivity contribution is 7.98. The minimum absolute atomic E-state index is 0.0605. The van der Waals surface area contributed by atoms with Crippen molar-refractivity contribution in [2.45, 2.75) is 57.8 Å². The zero-order valence-electron chi connectivity index (χ0n) is 19.3. The van der Waals surface area contributed by atoms with Gasteiger partial charge in [-0.05, 0) is 49.0 Å². The second kappa shape index (κ2) is 13.7. The predicted octanol–water partition coefficient (Wildman–Crippen LogP) is 0.230. The van der Waals surface area contributed by atoms with Gasteiger partial charge in [0, 0.05) is 6.42 Å². The number of rotatable bonds is 13. The van der Waals surface area contributed by atoms with Gasteiger partial charge in [0.05, 0.1) is 6.04 Å². The topological polar surface area (TPSA) is 171 Å². The molecule has 7 N–H and O–H groups in total. The van der Waals surface area contributed by atoms with Gasteiger partial charge in [-0.3, -0.25) is 14.4 Å². The van der Waals surface area contributed by atoms with Gasteiger partial charge in [0.2, 0.25) is 17.7 Å². The van der Waals surface area contributed by atoms with Crippen LogP contribution in [0.1, 0.15) is 32.8 Å². The number of nitrogens with one attached hydrogen (secondary N) is 3. The normalized spacial score (nSPS) is 14.6. The first-order valence-electron chi connectivity index (χ1n) is 10.6. The van der Waals surface area contributed by atoms with Crippen LogP contribution in [0.2, 0.25) is 0 Å². The molecule has 184 valence electrons. The average Bonchev–Trinajstić information content (AvgIpc) is 2.74. The molecule has 1 aromatic carbocycles. The highest BCUT2D eigenvalue weighted by Gasteiger charge is 2.31. The van der Waals surface area contributed by atoms with Gasteiger partial charge < -0.3 is 31.9 Å². The zero-order chi connectivity index (χ0) is 25.1. The van der Waals surface area contributed by atoms with Gasteiger partial charge in [-0.2, -0.15) is 11.8 Å². The molecule has 10 nitrogen and oxygen atoms in total. The third kappa shape index (κ3) is 9.70. The van der Waals surface area contributed by atoms with E-state index in [1.165, 1.54) is 30.8 Å². The fourth-order valence-electron chi connectivity index (χ4n) is 2.92. The van der Waals surface area contributed by atoms with Crippen molar-refractivity contribution in [1.82, 2.24) is 16.0 Å². The van der Waals surface area contributed by atoms with Gasteiger partial charge in [-0.1, -0.05) is 26.0 Å². The molecule has 0 spiro atoms. The molecule has 0 radical (unpaired) electrons. The van der Waals surface area contributed by atoms with Crippen LogP contribution in [0.25, 0.3) is 0 Å². The Balaban J connectivity index is 3.02. The van der Waals surface area contributed by atoms with Gasteiger partial charge in [0.15, 0.2) is 0 Å². The van der Waals surface area contributed by atoms with Crippen LogP contribution in [0.15, 0.2) is 24.3 Å². The van der Waals surface area contributed by atoms with Crippen LogP contribution in [0.5, 0.6) is 5.75 Å². The SMILES string of the molecule is CSCCC(NC(=O)C(NC(=O)C(Cc1ccc(O)cc1)NC(=O)C(C)N)C(C)C)C(=O)O. The number of phenols is 1. The Morgan fingerprint density at radius 3 is 2.00 bits per heavy atom. The number of carbonyl (C=O) groups excluding carboxylic acids is 3. The first-order valence-corrected chi connectivity index (χ1v) is 12.0. The average molecular weight is 483 g/mol. The first-order chi connectivity index (χ1) is 15.5. The molecule has 0 heterocycles. The third-order valence-electron chi connectivity index (χ3n) is 4.89. The molecule has 0 saturated heterocycles. The lowest BCUT2D eigenvalue weighted by molar-refractivity contribution is -0.142. The monoisotopic (exact) mass is 482 g/mol. The first kappa shape index (κ1) is 28.2. The maximum Gasteiger partial charge on any atom is 0.326 e. The maximum absolute atomic E-state index is 13.1. The van der Waals surface area contributed by atoms with Crippen molar-refractivity contribution >= 4 is 35.5 Å². The molecule has 1 aromatic rings. The highest BCUT2D eigenvalue weighted by atomic mass is 32.2. The Bertz CT molecular complexity index is 816. The van der Waals surface area contributed by atoms with E-state index in [0.717, 1.165) is 0 Å². The summed E-state index contributed by atoms with van der Waals surface area (Å²) < 4.78 is 0. The summed E-state index contributed by atoms with van der Waals surface area (Å²) in [5.74, 6) is -2.65. The van der Waals surface area contributed by atoms with E-state index in [1.54, 1.807) is 26.0 Å². The molecule has 4 atom stereocenters. The van der Waals surface area contributed by atoms with E-state index in [-0.39, 0.29) is 24.5 Å². The molecule has 0 aliphatic rings. The molecule has 11 heteroatoms. The molecular weight excluding hydrogens is 448 g/mol. The number of amides is 3. The summed E-state index contributed by atoms with van der Waals surface area (Å²) in [4.78, 5) is 49.5. The molecule has 0 aromatic heterocycles. The van der Waals surface area contributed by atoms with Crippen LogP contribution in [-0.4, -0.2) is 70.1 Å². The standard InChI is InChI=1S/C22H34N4O6S/c1-12(2)18(21(30)24-16(22(31)32)9-10-33-4)26-20(29)17(25-19(28)13(3)23)11-14-5-7-15(27)8-6-14/h5-8,12-13,16-18,27H,9-11,23H2,1-4H3,(H,24,30)(H,25,28)(H,26,29)(H,31,32). The number of carbonyl (C=O) groups is 4. The molecule has 0 aliphatic heterocycles. The van der Waals surface area contributed by atoms with Crippen LogP contribution >= 0.6 is 11.8 Å². The number of carboxylic acid groups (broad SMARTS) is 1. The zero-order valence-corrected chi connectivity index (χ0v) is 20.1. The lowest BCUT2D eigenvalue weighted by Gasteiger charge is -2.27. The number of hydrogen-bond donors (Lipinski definition) is 6. The van der Waals surface area contributed by atoms with E-state index in [9.17, 15) is 29.4 Å². The van der Waals surface area contributed by atoms with Crippen molar-refractivity contribution in [1.29, 1.82) is 0 Å². The predicted molar refractivity (Wildman–Crippen MR) is 127 cm³/mol. The van der Waals surface area contributed by atoms with Crippen molar-refractivity contribution in [3.05, 3.63) is 29.8 Å². The summed E-state index contributed by atoms with van der Waals surface area (Å²) in [6.07, 6.45) is 2.18. The van der Waals surface area contributed by atoms with E-state index < -0.39 is 47.9 Å². The number of benzene rings is 1. The molecule has 0 saturated carbocycles. The number of aliphatic carboxylic acids is 1. The van der Waals surface area contributed by atoms with E-state index in [2.05, 4.69) is 16.0 Å². The van der Waals surface area contributed by atoms with Crippen molar-refractivity contribution in [2.24, 2.45) is 11.7 Å². The van der Waals surface area contributed by atoms with Gasteiger partial charge in [0.1, 0.15) is 23.9 Å². The lowest BCUT2D eigenvalue weighted by atomic mass is 10.00. The Kier molecular flexibility index (Phi) is 11.7. The van der Waals surface area contributed by atoms with Gasteiger partial charge in [-0.25, -0.2) is 4.79 Å². The number of phenolic OH excluding ortho intramolecular Hbond substituents is 1. The number of thioether (sulfide) groups is 1. The minimum Gasteiger partial charge on any atom is -0.508 e. The third-order valence-corrected chi connectivity index (χ3v) is 5.54. The molecule has 3 amide bonds. The smallest absolute Gasteiger partial charge is 0.326 e. The maximum atomic E-state index is 13.1. The fraction of sp³-hybridized carbons (Fsp3) is 0.545. The summed E-state index contributed by atoms with van der Waals surface area (Å²) in [7, 11) is 0. The van der Waals surface area contributed by atoms with Gasteiger partial charge in [-0.15, -0.1) is 0 Å². The molecule has 0 aliphatic carbocycles. The van der Waals surface area contributed by atoms with Crippen molar-refractivity contribution < 1.29 is 29.4 Å². The van der Waals surface area contributed by atoms with E-state index >= 15 is 0 Å². The Labute approximate surface area is 198 Å². The molecular formula is C22H34N4O6S. The van der Waals surface area contributed by atoms with Gasteiger partial charge >= 0.3 is 5.97 Å². The van der Waals surface area contributed by atoms with Crippen molar-refractivity contribution in [3.63, 3.8) is 0 Å². The quantitative estimate of drug-likeness (QED) is 0.232. The molecule has 4 unspecified atom stereocenters. The summed E-state index contributed by atoms with van der Waals surface area (Å²) in [6, 6.07) is 2.18. The summed E-state index contributed by atoms with van der Waals surface area (Å²) >= 11 is 1.46. The number of carboxylic acids is 1. The molecule has 33 heavy (non-hydrogen) atoms. The minimum atomic E-state index is -1.15.